The van der Waals surface area contributed by atoms with Crippen LogP contribution in [0.3, 0.4) is 0 Å². The van der Waals surface area contributed by atoms with E-state index in [9.17, 15) is 23.1 Å². The molecule has 0 saturated carbocycles. The third kappa shape index (κ3) is 3.10. The van der Waals surface area contributed by atoms with Gasteiger partial charge in [-0.25, -0.2) is 0 Å². The van der Waals surface area contributed by atoms with Gasteiger partial charge in [0, 0.05) is 19.6 Å². The summed E-state index contributed by atoms with van der Waals surface area (Å²) in [6.07, 6.45) is -7.17. The van der Waals surface area contributed by atoms with Crippen LogP contribution in [0.5, 0.6) is 0 Å². The summed E-state index contributed by atoms with van der Waals surface area (Å²) in [5.74, 6) is -1.95. The molecule has 0 spiro atoms. The number of rotatable bonds is 3. The van der Waals surface area contributed by atoms with Crippen LogP contribution in [0.2, 0.25) is 0 Å². The Kier molecular flexibility index (Phi) is 4.01. The number of aliphatic hydroxyl groups excluding tert-OH is 1. The van der Waals surface area contributed by atoms with Crippen molar-refractivity contribution in [3.63, 3.8) is 0 Å². The molecule has 1 aromatic rings. The molecule has 2 atom stereocenters. The van der Waals surface area contributed by atoms with Crippen molar-refractivity contribution in [3.05, 3.63) is 35.4 Å². The van der Waals surface area contributed by atoms with Crippen LogP contribution in [0.15, 0.2) is 24.3 Å². The molecule has 1 heterocycles. The fourth-order valence-corrected chi connectivity index (χ4v) is 2.38. The molecule has 0 aromatic heterocycles. The summed E-state index contributed by atoms with van der Waals surface area (Å²) in [7, 11) is 0. The van der Waals surface area contributed by atoms with Crippen LogP contribution >= 0.6 is 0 Å². The number of fused-ring (bicyclic) bond motifs is 1. The number of hydrogen-bond acceptors (Lipinski definition) is 3. The Morgan fingerprint density at radius 2 is 2.05 bits per heavy atom. The third-order valence-electron chi connectivity index (χ3n) is 3.37. The first-order valence-corrected chi connectivity index (χ1v) is 6.06. The highest BCUT2D eigenvalue weighted by Gasteiger charge is 2.40. The van der Waals surface area contributed by atoms with Gasteiger partial charge >= 0.3 is 12.1 Å². The molecule has 0 radical (unpaired) electrons. The van der Waals surface area contributed by atoms with Crippen LogP contribution in [-0.4, -0.2) is 46.5 Å². The van der Waals surface area contributed by atoms with Crippen molar-refractivity contribution in [2.24, 2.45) is 0 Å². The smallest absolute Gasteiger partial charge is 0.415 e. The fraction of sp³-hybridized carbons (Fsp3) is 0.462. The summed E-state index contributed by atoms with van der Waals surface area (Å²) in [4.78, 5) is 12.6. The second-order valence-corrected chi connectivity index (χ2v) is 4.84. The van der Waals surface area contributed by atoms with Gasteiger partial charge < -0.3 is 10.2 Å². The number of carboxylic acids is 1. The minimum absolute atomic E-state index is 0.0422. The van der Waals surface area contributed by atoms with Crippen molar-refractivity contribution in [2.75, 3.05) is 13.1 Å². The van der Waals surface area contributed by atoms with E-state index in [0.29, 0.717) is 11.1 Å². The Hall–Kier alpha value is -1.60. The van der Waals surface area contributed by atoms with E-state index < -0.39 is 30.7 Å². The van der Waals surface area contributed by atoms with Crippen LogP contribution in [0.1, 0.15) is 17.0 Å². The molecule has 2 unspecified atom stereocenters. The van der Waals surface area contributed by atoms with E-state index in [-0.39, 0.29) is 13.1 Å². The van der Waals surface area contributed by atoms with Gasteiger partial charge in [0.2, 0.25) is 0 Å². The Labute approximate surface area is 113 Å². The molecule has 1 aliphatic heterocycles. The highest BCUT2D eigenvalue weighted by atomic mass is 19.4. The van der Waals surface area contributed by atoms with Crippen LogP contribution < -0.4 is 0 Å². The molecule has 110 valence electrons. The van der Waals surface area contributed by atoms with Gasteiger partial charge in [-0.1, -0.05) is 24.3 Å². The zero-order chi connectivity index (χ0) is 14.9. The van der Waals surface area contributed by atoms with E-state index in [2.05, 4.69) is 0 Å². The van der Waals surface area contributed by atoms with Crippen LogP contribution in [-0.2, 0) is 11.3 Å². The SMILES string of the molecule is O=C(O)C1CN(CC(O)C(F)(F)F)Cc2ccccc21. The van der Waals surface area contributed by atoms with Crippen LogP contribution in [0, 0.1) is 0 Å². The Morgan fingerprint density at radius 3 is 2.65 bits per heavy atom. The average Bonchev–Trinajstić information content (AvgIpc) is 2.36. The Bertz CT molecular complexity index is 504. The van der Waals surface area contributed by atoms with E-state index in [1.54, 1.807) is 24.3 Å². The number of carboxylic acid groups (broad SMARTS) is 1. The summed E-state index contributed by atoms with van der Waals surface area (Å²) in [5.41, 5.74) is 1.30. The maximum Gasteiger partial charge on any atom is 0.415 e. The number of benzene rings is 1. The van der Waals surface area contributed by atoms with Crippen molar-refractivity contribution in [3.8, 4) is 0 Å². The maximum atomic E-state index is 12.4. The summed E-state index contributed by atoms with van der Waals surface area (Å²) in [6.45, 7) is -0.464. The van der Waals surface area contributed by atoms with Gasteiger partial charge in [0.1, 0.15) is 0 Å². The number of nitrogens with zero attached hydrogens (tertiary/aromatic N) is 1. The monoisotopic (exact) mass is 289 g/mol. The molecule has 2 rings (SSSR count). The number of aliphatic carboxylic acids is 1. The first-order chi connectivity index (χ1) is 9.29. The fourth-order valence-electron chi connectivity index (χ4n) is 2.38. The number of carbonyl (C=O) groups is 1. The van der Waals surface area contributed by atoms with E-state index in [1.807, 2.05) is 0 Å². The van der Waals surface area contributed by atoms with Crippen molar-refractivity contribution in [1.29, 1.82) is 0 Å². The van der Waals surface area contributed by atoms with Crippen LogP contribution in [0.4, 0.5) is 13.2 Å². The van der Waals surface area contributed by atoms with Gasteiger partial charge in [-0.3, -0.25) is 9.69 Å². The summed E-state index contributed by atoms with van der Waals surface area (Å²) < 4.78 is 37.1. The predicted octanol–water partition coefficient (Wildman–Crippen LogP) is 1.59. The zero-order valence-corrected chi connectivity index (χ0v) is 10.5. The van der Waals surface area contributed by atoms with Gasteiger partial charge in [0.15, 0.2) is 6.10 Å². The molecular weight excluding hydrogens is 275 g/mol. The molecule has 2 N–H and O–H groups in total. The molecule has 4 nitrogen and oxygen atoms in total. The van der Waals surface area contributed by atoms with Crippen molar-refractivity contribution < 1.29 is 28.2 Å². The first kappa shape index (κ1) is 14.8. The van der Waals surface area contributed by atoms with Gasteiger partial charge in [0.25, 0.3) is 0 Å². The minimum atomic E-state index is -4.70. The van der Waals surface area contributed by atoms with Crippen molar-refractivity contribution in [1.82, 2.24) is 4.90 Å². The Morgan fingerprint density at radius 1 is 1.40 bits per heavy atom. The van der Waals surface area contributed by atoms with Crippen molar-refractivity contribution >= 4 is 5.97 Å². The number of hydrogen-bond donors (Lipinski definition) is 2. The molecule has 1 aliphatic rings. The second-order valence-electron chi connectivity index (χ2n) is 4.84. The second kappa shape index (κ2) is 5.41. The topological polar surface area (TPSA) is 60.8 Å². The van der Waals surface area contributed by atoms with E-state index in [1.165, 1.54) is 4.90 Å². The highest BCUT2D eigenvalue weighted by molar-refractivity contribution is 5.77. The largest absolute Gasteiger partial charge is 0.481 e. The normalized spacial score (nSPS) is 21.3. The first-order valence-electron chi connectivity index (χ1n) is 6.06. The number of alkyl halides is 3. The summed E-state index contributed by atoms with van der Waals surface area (Å²) in [6, 6.07) is 6.78. The molecule has 0 aliphatic carbocycles. The molecule has 20 heavy (non-hydrogen) atoms. The lowest BCUT2D eigenvalue weighted by molar-refractivity contribution is -0.208. The number of β-amino-alcohol motifs (C(OH)–C–C–N with tert-alkyl or cyclic N) is 1. The number of halogens is 3. The van der Waals surface area contributed by atoms with Gasteiger partial charge in [-0.15, -0.1) is 0 Å². The third-order valence-corrected chi connectivity index (χ3v) is 3.37. The lowest BCUT2D eigenvalue weighted by atomic mass is 9.89. The van der Waals surface area contributed by atoms with Crippen LogP contribution in [0.25, 0.3) is 0 Å². The standard InChI is InChI=1S/C13H14F3NO3/c14-13(15,16)11(18)7-17-5-8-3-1-2-4-9(8)10(6-17)12(19)20/h1-4,10-11,18H,5-7H2,(H,19,20). The number of aliphatic hydroxyl groups is 1. The van der Waals surface area contributed by atoms with Crippen molar-refractivity contribution in [2.45, 2.75) is 24.7 Å². The zero-order valence-electron chi connectivity index (χ0n) is 10.5. The lowest BCUT2D eigenvalue weighted by Gasteiger charge is -2.34. The summed E-state index contributed by atoms with van der Waals surface area (Å²) >= 11 is 0. The minimum Gasteiger partial charge on any atom is -0.481 e. The molecule has 0 saturated heterocycles. The maximum absolute atomic E-state index is 12.4. The van der Waals surface area contributed by atoms with Gasteiger partial charge in [-0.05, 0) is 11.1 Å². The average molecular weight is 289 g/mol. The van der Waals surface area contributed by atoms with E-state index in [4.69, 9.17) is 5.11 Å². The van der Waals surface area contributed by atoms with E-state index in [0.717, 1.165) is 0 Å². The quantitative estimate of drug-likeness (QED) is 0.887. The molecule has 7 heteroatoms. The van der Waals surface area contributed by atoms with E-state index >= 15 is 0 Å². The molecule has 0 amide bonds. The lowest BCUT2D eigenvalue weighted by Crippen LogP contribution is -2.45. The Balaban J connectivity index is 2.18. The molecule has 0 bridgehead atoms. The van der Waals surface area contributed by atoms with Gasteiger partial charge in [0.05, 0.1) is 5.92 Å². The molecular formula is C13H14F3NO3. The summed E-state index contributed by atoms with van der Waals surface area (Å²) in [5, 5.41) is 18.3. The predicted molar refractivity (Wildman–Crippen MR) is 64.2 cm³/mol. The molecule has 0 fully saturated rings. The molecule has 1 aromatic carbocycles. The van der Waals surface area contributed by atoms with Gasteiger partial charge in [-0.2, -0.15) is 13.2 Å². The highest BCUT2D eigenvalue weighted by Crippen LogP contribution is 2.30.